The molecule has 0 N–H and O–H groups in total. The lowest BCUT2D eigenvalue weighted by atomic mass is 9.81. The highest BCUT2D eigenvalue weighted by Crippen LogP contribution is 2.55. The predicted octanol–water partition coefficient (Wildman–Crippen LogP) is 10.8. The van der Waals surface area contributed by atoms with Gasteiger partial charge < -0.3 is 4.90 Å². The summed E-state index contributed by atoms with van der Waals surface area (Å²) in [4.78, 5) is 5.25. The summed E-state index contributed by atoms with van der Waals surface area (Å²) in [5, 5.41) is 0. The van der Waals surface area contributed by atoms with Gasteiger partial charge >= 0.3 is 0 Å². The van der Waals surface area contributed by atoms with Gasteiger partial charge in [0.25, 0.3) is 0 Å². The van der Waals surface area contributed by atoms with E-state index in [0.717, 1.165) is 11.1 Å². The van der Waals surface area contributed by atoms with Gasteiger partial charge in [0, 0.05) is 44.1 Å². The van der Waals surface area contributed by atoms with E-state index in [0.29, 0.717) is 12.0 Å². The molecule has 0 saturated heterocycles. The molecule has 7 rings (SSSR count). The minimum absolute atomic E-state index is 0.0674. The van der Waals surface area contributed by atoms with Crippen molar-refractivity contribution in [2.75, 3.05) is 4.90 Å². The third-order valence-corrected chi connectivity index (χ3v) is 10.8. The average molecular weight is 540 g/mol. The van der Waals surface area contributed by atoms with Crippen LogP contribution in [0.4, 0.5) is 11.4 Å². The first-order chi connectivity index (χ1) is 19.2. The Bertz CT molecular complexity index is 1700. The predicted molar refractivity (Wildman–Crippen MR) is 175 cm³/mol. The van der Waals surface area contributed by atoms with Gasteiger partial charge in [0.2, 0.25) is 0 Å². The van der Waals surface area contributed by atoms with Crippen LogP contribution in [0.1, 0.15) is 83.5 Å². The molecule has 0 radical (unpaired) electrons. The molecule has 2 atom stereocenters. The summed E-state index contributed by atoms with van der Waals surface area (Å²) >= 11 is 1.83. The minimum Gasteiger partial charge on any atom is -0.338 e. The zero-order chi connectivity index (χ0) is 27.9. The number of anilines is 2. The summed E-state index contributed by atoms with van der Waals surface area (Å²) < 4.78 is 0. The van der Waals surface area contributed by atoms with Gasteiger partial charge in [-0.15, -0.1) is 11.3 Å². The van der Waals surface area contributed by atoms with Crippen LogP contribution in [0.3, 0.4) is 0 Å². The molecule has 0 bridgehead atoms. The van der Waals surface area contributed by atoms with Crippen LogP contribution in [0.15, 0.2) is 91.6 Å². The molecule has 3 aromatic rings. The Kier molecular flexibility index (Phi) is 5.67. The van der Waals surface area contributed by atoms with Crippen LogP contribution in [-0.2, 0) is 5.41 Å². The Morgan fingerprint density at radius 3 is 2.58 bits per heavy atom. The van der Waals surface area contributed by atoms with Gasteiger partial charge in [0.15, 0.2) is 0 Å². The van der Waals surface area contributed by atoms with Crippen LogP contribution in [0, 0.1) is 6.92 Å². The highest BCUT2D eigenvalue weighted by atomic mass is 32.1. The van der Waals surface area contributed by atoms with Crippen LogP contribution in [0.5, 0.6) is 0 Å². The number of benzene rings is 2. The molecule has 1 fully saturated rings. The highest BCUT2D eigenvalue weighted by molar-refractivity contribution is 7.13. The maximum Gasteiger partial charge on any atom is 0.0450 e. The number of fused-ring (bicyclic) bond motifs is 5. The van der Waals surface area contributed by atoms with Gasteiger partial charge in [0.1, 0.15) is 0 Å². The zero-order valence-electron chi connectivity index (χ0n) is 24.1. The molecule has 200 valence electrons. The van der Waals surface area contributed by atoms with Crippen molar-refractivity contribution in [1.82, 2.24) is 0 Å². The van der Waals surface area contributed by atoms with Crippen LogP contribution in [-0.4, -0.2) is 6.04 Å². The van der Waals surface area contributed by atoms with Crippen LogP contribution < -0.4 is 4.90 Å². The molecular formula is C38H37NS. The molecule has 40 heavy (non-hydrogen) atoms. The fourth-order valence-corrected chi connectivity index (χ4v) is 8.85. The van der Waals surface area contributed by atoms with Crippen molar-refractivity contribution in [2.24, 2.45) is 0 Å². The van der Waals surface area contributed by atoms with E-state index in [1.54, 1.807) is 0 Å². The summed E-state index contributed by atoms with van der Waals surface area (Å²) in [7, 11) is 0. The summed E-state index contributed by atoms with van der Waals surface area (Å²) in [6.45, 7) is 22.0. The van der Waals surface area contributed by atoms with Crippen molar-refractivity contribution in [3.8, 4) is 0 Å². The molecule has 2 heterocycles. The lowest BCUT2D eigenvalue weighted by Crippen LogP contribution is -2.27. The number of rotatable bonds is 4. The van der Waals surface area contributed by atoms with Crippen molar-refractivity contribution in [3.63, 3.8) is 0 Å². The molecule has 0 amide bonds. The molecule has 1 saturated carbocycles. The first kappa shape index (κ1) is 25.4. The Hall–Kier alpha value is -3.62. The van der Waals surface area contributed by atoms with Crippen molar-refractivity contribution >= 4 is 45.5 Å². The van der Waals surface area contributed by atoms with Crippen molar-refractivity contribution in [3.05, 3.63) is 129 Å². The van der Waals surface area contributed by atoms with E-state index in [1.165, 1.54) is 84.9 Å². The van der Waals surface area contributed by atoms with Gasteiger partial charge in [-0.3, -0.25) is 0 Å². The Morgan fingerprint density at radius 2 is 1.82 bits per heavy atom. The highest BCUT2D eigenvalue weighted by Gasteiger charge is 2.43. The minimum atomic E-state index is -0.0674. The van der Waals surface area contributed by atoms with Crippen LogP contribution in [0.25, 0.3) is 22.8 Å². The quantitative estimate of drug-likeness (QED) is 0.319. The second kappa shape index (κ2) is 8.94. The topological polar surface area (TPSA) is 3.24 Å². The number of nitrogens with zero attached hydrogens (tertiary/aromatic N) is 1. The van der Waals surface area contributed by atoms with Gasteiger partial charge in [-0.1, -0.05) is 70.4 Å². The molecule has 0 spiro atoms. The molecule has 1 nitrogen and oxygen atoms in total. The molecule has 2 heteroatoms. The normalized spacial score (nSPS) is 23.4. The summed E-state index contributed by atoms with van der Waals surface area (Å²) in [6, 6.07) is 17.0. The summed E-state index contributed by atoms with van der Waals surface area (Å²) in [5.74, 6) is 0.578. The molecular weight excluding hydrogens is 502 g/mol. The third kappa shape index (κ3) is 3.45. The van der Waals surface area contributed by atoms with E-state index in [1.807, 2.05) is 11.3 Å². The van der Waals surface area contributed by atoms with Crippen LogP contribution in [0.2, 0.25) is 0 Å². The van der Waals surface area contributed by atoms with Gasteiger partial charge in [0.05, 0.1) is 0 Å². The molecule has 2 unspecified atom stereocenters. The molecule has 1 aromatic heterocycles. The molecule has 4 aliphatic rings. The first-order valence-corrected chi connectivity index (χ1v) is 15.4. The lowest BCUT2D eigenvalue weighted by Gasteiger charge is -2.29. The van der Waals surface area contributed by atoms with E-state index in [2.05, 4.69) is 119 Å². The first-order valence-electron chi connectivity index (χ1n) is 14.5. The van der Waals surface area contributed by atoms with E-state index < -0.39 is 0 Å². The summed E-state index contributed by atoms with van der Waals surface area (Å²) in [6.07, 6.45) is 12.5. The third-order valence-electron chi connectivity index (χ3n) is 9.68. The number of allylic oxidation sites excluding steroid dienone is 8. The van der Waals surface area contributed by atoms with Gasteiger partial charge in [-0.2, -0.15) is 0 Å². The van der Waals surface area contributed by atoms with Gasteiger partial charge in [-0.25, -0.2) is 0 Å². The monoisotopic (exact) mass is 539 g/mol. The number of aryl methyl sites for hydroxylation is 1. The van der Waals surface area contributed by atoms with Gasteiger partial charge in [-0.05, 0) is 113 Å². The van der Waals surface area contributed by atoms with E-state index in [4.69, 9.17) is 0 Å². The average Bonchev–Trinajstić information content (AvgIpc) is 3.71. The van der Waals surface area contributed by atoms with Crippen molar-refractivity contribution in [2.45, 2.75) is 64.3 Å². The zero-order valence-corrected chi connectivity index (χ0v) is 24.9. The van der Waals surface area contributed by atoms with Crippen molar-refractivity contribution < 1.29 is 0 Å². The SMILES string of the molecule is C=CC1=C(/C=C\C)c2ccc(N3c4ccc(C=C5C(=C)c6cc(C)sc6C5=C)cc4C4CCCC43)cc2C1(C)C. The Balaban J connectivity index is 1.28. The lowest BCUT2D eigenvalue weighted by molar-refractivity contribution is 0.637. The molecule has 3 aliphatic carbocycles. The largest absolute Gasteiger partial charge is 0.338 e. The second-order valence-corrected chi connectivity index (χ2v) is 13.6. The van der Waals surface area contributed by atoms with Crippen molar-refractivity contribution in [1.29, 1.82) is 0 Å². The van der Waals surface area contributed by atoms with E-state index >= 15 is 0 Å². The number of hydrogen-bond donors (Lipinski definition) is 0. The fraction of sp³-hybridized carbons (Fsp3) is 0.263. The molecule has 1 aliphatic heterocycles. The standard InChI is InChI=1S/C38H37NS/c1-8-11-27-28-16-15-26(21-34(28)38(6,7)33(27)9-2)39-35-13-10-12-29(35)32-20-25(14-17-36(32)39)19-30-23(4)31-18-22(3)40-37(31)24(30)5/h8-9,11,14-21,29,35H,2,4-5,10,12-13H2,1,3,6-7H3/b11-8-,30-19?. The number of thiophene rings is 1. The fourth-order valence-electron chi connectivity index (χ4n) is 7.83. The second-order valence-electron chi connectivity index (χ2n) is 12.3. The Labute approximate surface area is 243 Å². The maximum absolute atomic E-state index is 4.44. The Morgan fingerprint density at radius 1 is 1.00 bits per heavy atom. The van der Waals surface area contributed by atoms with E-state index in [9.17, 15) is 0 Å². The summed E-state index contributed by atoms with van der Waals surface area (Å²) in [5.41, 5.74) is 15.4. The van der Waals surface area contributed by atoms with Crippen LogP contribution >= 0.6 is 11.3 Å². The molecule has 2 aromatic carbocycles. The number of hydrogen-bond acceptors (Lipinski definition) is 2. The smallest absolute Gasteiger partial charge is 0.0450 e. The van der Waals surface area contributed by atoms with E-state index in [-0.39, 0.29) is 5.41 Å². The maximum atomic E-state index is 4.44.